The number of sulfonamides is 1. The number of nitro benzene ring substituents is 1. The monoisotopic (exact) mass is 316 g/mol. The maximum absolute atomic E-state index is 12.6. The molecular formula is C12H16N2O6S. The summed E-state index contributed by atoms with van der Waals surface area (Å²) in [5.41, 5.74) is -2.14. The van der Waals surface area contributed by atoms with Gasteiger partial charge in [0.15, 0.2) is 4.90 Å². The normalized spacial score (nSPS) is 12.4. The lowest BCUT2D eigenvalue weighted by Crippen LogP contribution is -2.50. The van der Waals surface area contributed by atoms with Crippen LogP contribution in [-0.4, -0.2) is 41.3 Å². The molecule has 0 heterocycles. The third-order valence-corrected chi connectivity index (χ3v) is 5.54. The summed E-state index contributed by atoms with van der Waals surface area (Å²) in [6.45, 7) is 3.83. The van der Waals surface area contributed by atoms with Crippen molar-refractivity contribution in [2.45, 2.75) is 31.2 Å². The van der Waals surface area contributed by atoms with E-state index < -0.39 is 37.0 Å². The number of aliphatic carboxylic acids is 1. The lowest BCUT2D eigenvalue weighted by molar-refractivity contribution is -0.387. The summed E-state index contributed by atoms with van der Waals surface area (Å²) in [6, 6.07) is 3.86. The summed E-state index contributed by atoms with van der Waals surface area (Å²) < 4.78 is 25.8. The number of carboxylic acids is 1. The lowest BCUT2D eigenvalue weighted by Gasteiger charge is -2.30. The third-order valence-electron chi connectivity index (χ3n) is 3.32. The van der Waals surface area contributed by atoms with Crippen molar-refractivity contribution in [1.29, 1.82) is 0 Å². The van der Waals surface area contributed by atoms with Crippen molar-refractivity contribution < 1.29 is 23.2 Å². The molecule has 0 aliphatic carbocycles. The Bertz CT molecular complexity index is 696. The fourth-order valence-electron chi connectivity index (χ4n) is 1.69. The molecule has 8 nitrogen and oxygen atoms in total. The van der Waals surface area contributed by atoms with Crippen LogP contribution < -0.4 is 0 Å². The van der Waals surface area contributed by atoms with E-state index in [0.29, 0.717) is 4.31 Å². The first kappa shape index (κ1) is 17.1. The second-order valence-electron chi connectivity index (χ2n) is 5.02. The zero-order valence-electron chi connectivity index (χ0n) is 12.0. The molecule has 1 N–H and O–H groups in total. The summed E-state index contributed by atoms with van der Waals surface area (Å²) >= 11 is 0. The van der Waals surface area contributed by atoms with Gasteiger partial charge < -0.3 is 5.11 Å². The second kappa shape index (κ2) is 5.41. The van der Waals surface area contributed by atoms with Gasteiger partial charge in [0, 0.05) is 13.1 Å². The molecule has 0 saturated carbocycles. The average molecular weight is 316 g/mol. The van der Waals surface area contributed by atoms with Crippen molar-refractivity contribution in [3.05, 3.63) is 33.9 Å². The van der Waals surface area contributed by atoms with Gasteiger partial charge in [-0.05, 0) is 26.3 Å². The van der Waals surface area contributed by atoms with Crippen LogP contribution in [0, 0.1) is 17.0 Å². The molecule has 1 aromatic rings. The number of carbonyl (C=O) groups is 1. The minimum atomic E-state index is -4.34. The van der Waals surface area contributed by atoms with E-state index >= 15 is 0 Å². The fraction of sp³-hybridized carbons (Fsp3) is 0.417. The van der Waals surface area contributed by atoms with Gasteiger partial charge in [-0.3, -0.25) is 14.9 Å². The summed E-state index contributed by atoms with van der Waals surface area (Å²) in [6.07, 6.45) is 0. The number of nitrogens with zero attached hydrogens (tertiary/aromatic N) is 2. The molecule has 9 heteroatoms. The van der Waals surface area contributed by atoms with Crippen molar-refractivity contribution in [3.63, 3.8) is 0 Å². The first-order valence-corrected chi connectivity index (χ1v) is 7.34. The molecule has 0 saturated heterocycles. The van der Waals surface area contributed by atoms with Crippen LogP contribution in [0.5, 0.6) is 0 Å². The highest BCUT2D eigenvalue weighted by atomic mass is 32.2. The number of aryl methyl sites for hydroxylation is 1. The van der Waals surface area contributed by atoms with Crippen LogP contribution in [0.25, 0.3) is 0 Å². The van der Waals surface area contributed by atoms with Crippen molar-refractivity contribution in [1.82, 2.24) is 4.31 Å². The average Bonchev–Trinajstić information content (AvgIpc) is 2.36. The van der Waals surface area contributed by atoms with E-state index in [4.69, 9.17) is 5.11 Å². The SMILES string of the molecule is Cc1cccc([N+](=O)[O-])c1S(=O)(=O)N(C)C(C)(C)C(=O)O. The maximum Gasteiger partial charge on any atom is 0.324 e. The minimum Gasteiger partial charge on any atom is -0.480 e. The Morgan fingerprint density at radius 1 is 1.38 bits per heavy atom. The zero-order chi connectivity index (χ0) is 16.6. The van der Waals surface area contributed by atoms with E-state index in [-0.39, 0.29) is 5.56 Å². The molecule has 0 unspecified atom stereocenters. The predicted molar refractivity (Wildman–Crippen MR) is 74.5 cm³/mol. The van der Waals surface area contributed by atoms with Crippen LogP contribution in [0.2, 0.25) is 0 Å². The van der Waals surface area contributed by atoms with E-state index in [1.165, 1.54) is 32.9 Å². The molecule has 21 heavy (non-hydrogen) atoms. The number of likely N-dealkylation sites (N-methyl/N-ethyl adjacent to an activating group) is 1. The largest absolute Gasteiger partial charge is 0.480 e. The smallest absolute Gasteiger partial charge is 0.324 e. The molecule has 0 aliphatic rings. The number of hydrogen-bond donors (Lipinski definition) is 1. The van der Waals surface area contributed by atoms with E-state index in [9.17, 15) is 23.3 Å². The van der Waals surface area contributed by atoms with Crippen molar-refractivity contribution >= 4 is 21.7 Å². The molecule has 0 atom stereocenters. The van der Waals surface area contributed by atoms with Crippen LogP contribution in [-0.2, 0) is 14.8 Å². The van der Waals surface area contributed by atoms with Gasteiger partial charge in [0.1, 0.15) is 5.54 Å². The molecule has 1 rings (SSSR count). The number of nitro groups is 1. The first-order valence-electron chi connectivity index (χ1n) is 5.90. The summed E-state index contributed by atoms with van der Waals surface area (Å²) in [5.74, 6) is -1.36. The second-order valence-corrected chi connectivity index (χ2v) is 6.92. The van der Waals surface area contributed by atoms with Crippen LogP contribution in [0.15, 0.2) is 23.1 Å². The molecule has 0 bridgehead atoms. The molecule has 0 spiro atoms. The molecular weight excluding hydrogens is 300 g/mol. The van der Waals surface area contributed by atoms with Gasteiger partial charge in [0.05, 0.1) is 4.92 Å². The summed E-state index contributed by atoms with van der Waals surface area (Å²) in [7, 11) is -3.25. The van der Waals surface area contributed by atoms with Gasteiger partial charge in [0.2, 0.25) is 0 Å². The summed E-state index contributed by atoms with van der Waals surface area (Å²) in [4.78, 5) is 20.9. The van der Waals surface area contributed by atoms with Crippen LogP contribution in [0.4, 0.5) is 5.69 Å². The van der Waals surface area contributed by atoms with E-state index in [0.717, 1.165) is 13.1 Å². The van der Waals surface area contributed by atoms with E-state index in [1.54, 1.807) is 0 Å². The molecule has 1 aromatic carbocycles. The number of carboxylic acid groups (broad SMARTS) is 1. The van der Waals surface area contributed by atoms with Crippen molar-refractivity contribution in [2.24, 2.45) is 0 Å². The van der Waals surface area contributed by atoms with Gasteiger partial charge in [-0.1, -0.05) is 12.1 Å². The molecule has 116 valence electrons. The quantitative estimate of drug-likeness (QED) is 0.647. The van der Waals surface area contributed by atoms with E-state index in [1.807, 2.05) is 0 Å². The molecule has 0 aliphatic heterocycles. The molecule has 0 radical (unpaired) electrons. The Kier molecular flexibility index (Phi) is 4.40. The van der Waals surface area contributed by atoms with Gasteiger partial charge in [-0.25, -0.2) is 8.42 Å². The predicted octanol–water partition coefficient (Wildman–Crippen LogP) is 1.39. The highest BCUT2D eigenvalue weighted by Crippen LogP contribution is 2.32. The topological polar surface area (TPSA) is 118 Å². The highest BCUT2D eigenvalue weighted by Gasteiger charge is 2.43. The Morgan fingerprint density at radius 2 is 1.90 bits per heavy atom. The third kappa shape index (κ3) is 2.88. The van der Waals surface area contributed by atoms with Crippen LogP contribution in [0.3, 0.4) is 0 Å². The Morgan fingerprint density at radius 3 is 2.33 bits per heavy atom. The Balaban J connectivity index is 3.60. The number of benzene rings is 1. The van der Waals surface area contributed by atoms with E-state index in [2.05, 4.69) is 0 Å². The highest BCUT2D eigenvalue weighted by molar-refractivity contribution is 7.89. The Hall–Kier alpha value is -2.00. The maximum atomic E-state index is 12.6. The summed E-state index contributed by atoms with van der Waals surface area (Å²) in [5, 5.41) is 20.2. The number of rotatable bonds is 5. The minimum absolute atomic E-state index is 0.178. The van der Waals surface area contributed by atoms with Gasteiger partial charge in [0.25, 0.3) is 15.7 Å². The first-order chi connectivity index (χ1) is 9.44. The Labute approximate surface area is 122 Å². The molecule has 0 amide bonds. The van der Waals surface area contributed by atoms with Gasteiger partial charge in [-0.2, -0.15) is 4.31 Å². The van der Waals surface area contributed by atoms with Gasteiger partial charge in [-0.15, -0.1) is 0 Å². The van der Waals surface area contributed by atoms with Crippen molar-refractivity contribution in [3.8, 4) is 0 Å². The van der Waals surface area contributed by atoms with Crippen molar-refractivity contribution in [2.75, 3.05) is 7.05 Å². The molecule has 0 aromatic heterocycles. The lowest BCUT2D eigenvalue weighted by atomic mass is 10.1. The standard InChI is InChI=1S/C12H16N2O6S/c1-8-6-5-7-9(14(17)18)10(8)21(19,20)13(4)12(2,3)11(15)16/h5-7H,1-4H3,(H,15,16). The van der Waals surface area contributed by atoms with Crippen LogP contribution in [0.1, 0.15) is 19.4 Å². The fourth-order valence-corrected chi connectivity index (χ4v) is 3.52. The molecule has 0 fully saturated rings. The van der Waals surface area contributed by atoms with Gasteiger partial charge >= 0.3 is 5.97 Å². The number of hydrogen-bond acceptors (Lipinski definition) is 5. The van der Waals surface area contributed by atoms with Crippen LogP contribution >= 0.6 is 0 Å². The zero-order valence-corrected chi connectivity index (χ0v) is 12.8.